The van der Waals surface area contributed by atoms with Crippen LogP contribution in [0.25, 0.3) is 0 Å². The fraction of sp³-hybridized carbons (Fsp3) is 0.750. The third-order valence-electron chi connectivity index (χ3n) is 2.03. The van der Waals surface area contributed by atoms with Crippen molar-refractivity contribution in [3.05, 3.63) is 10.5 Å². The van der Waals surface area contributed by atoms with Crippen molar-refractivity contribution in [1.29, 1.82) is 0 Å². The summed E-state index contributed by atoms with van der Waals surface area (Å²) in [6, 6.07) is 0. The van der Waals surface area contributed by atoms with E-state index in [2.05, 4.69) is 23.9 Å². The smallest absolute Gasteiger partial charge is 0.284 e. The SMILES string of the molecule is CC[C@H](C)Cn1nc(SC)[nH]c1=O. The quantitative estimate of drug-likeness (QED) is 0.748. The molecule has 1 atom stereocenters. The Labute approximate surface area is 81.7 Å². The molecule has 1 aromatic heterocycles. The molecule has 13 heavy (non-hydrogen) atoms. The average Bonchev–Trinajstić information content (AvgIpc) is 2.47. The van der Waals surface area contributed by atoms with E-state index in [1.165, 1.54) is 16.4 Å². The zero-order valence-corrected chi connectivity index (χ0v) is 9.02. The summed E-state index contributed by atoms with van der Waals surface area (Å²) in [6.45, 7) is 4.92. The second-order valence-electron chi connectivity index (χ2n) is 3.13. The number of aromatic nitrogens is 3. The first kappa shape index (κ1) is 10.4. The number of aromatic amines is 1. The van der Waals surface area contributed by atoms with Crippen LogP contribution in [-0.4, -0.2) is 21.0 Å². The monoisotopic (exact) mass is 201 g/mol. The minimum atomic E-state index is -0.107. The van der Waals surface area contributed by atoms with Crippen LogP contribution in [0, 0.1) is 5.92 Å². The van der Waals surface area contributed by atoms with Gasteiger partial charge in [-0.1, -0.05) is 32.0 Å². The first-order valence-electron chi connectivity index (χ1n) is 4.38. The maximum absolute atomic E-state index is 11.3. The second-order valence-corrected chi connectivity index (χ2v) is 3.93. The first-order chi connectivity index (χ1) is 6.17. The lowest BCUT2D eigenvalue weighted by Crippen LogP contribution is -2.21. The van der Waals surface area contributed by atoms with Crippen LogP contribution in [-0.2, 0) is 6.54 Å². The number of nitrogens with one attached hydrogen (secondary N) is 1. The van der Waals surface area contributed by atoms with Gasteiger partial charge in [0.2, 0.25) is 0 Å². The molecule has 0 saturated heterocycles. The predicted molar refractivity (Wildman–Crippen MR) is 54.1 cm³/mol. The van der Waals surface area contributed by atoms with Crippen molar-refractivity contribution in [3.63, 3.8) is 0 Å². The molecule has 74 valence electrons. The molecule has 0 amide bonds. The van der Waals surface area contributed by atoms with E-state index in [1.807, 2.05) is 6.26 Å². The van der Waals surface area contributed by atoms with Gasteiger partial charge in [0.15, 0.2) is 5.16 Å². The van der Waals surface area contributed by atoms with Crippen LogP contribution in [0.1, 0.15) is 20.3 Å². The summed E-state index contributed by atoms with van der Waals surface area (Å²) in [5.74, 6) is 0.496. The zero-order valence-electron chi connectivity index (χ0n) is 8.20. The molecule has 0 spiro atoms. The summed E-state index contributed by atoms with van der Waals surface area (Å²) in [4.78, 5) is 14.0. The molecule has 0 bridgehead atoms. The standard InChI is InChI=1S/C8H15N3OS/c1-4-6(2)5-11-8(12)9-7(10-11)13-3/h6H,4-5H2,1-3H3,(H,9,10,12)/t6-/m0/s1. The van der Waals surface area contributed by atoms with E-state index in [4.69, 9.17) is 0 Å². The molecule has 0 aliphatic carbocycles. The molecular weight excluding hydrogens is 186 g/mol. The van der Waals surface area contributed by atoms with Crippen LogP contribution < -0.4 is 5.69 Å². The highest BCUT2D eigenvalue weighted by atomic mass is 32.2. The molecule has 0 unspecified atom stereocenters. The van der Waals surface area contributed by atoms with E-state index >= 15 is 0 Å². The molecule has 1 heterocycles. The van der Waals surface area contributed by atoms with E-state index in [0.29, 0.717) is 17.6 Å². The summed E-state index contributed by atoms with van der Waals surface area (Å²) in [6.07, 6.45) is 2.96. The van der Waals surface area contributed by atoms with Gasteiger partial charge in [-0.05, 0) is 12.2 Å². The van der Waals surface area contributed by atoms with Crippen molar-refractivity contribution < 1.29 is 0 Å². The fourth-order valence-corrected chi connectivity index (χ4v) is 1.35. The molecule has 4 nitrogen and oxygen atoms in total. The molecular formula is C8H15N3OS. The van der Waals surface area contributed by atoms with Crippen molar-refractivity contribution in [2.24, 2.45) is 5.92 Å². The Hall–Kier alpha value is -0.710. The number of hydrogen-bond donors (Lipinski definition) is 1. The van der Waals surface area contributed by atoms with Crippen molar-refractivity contribution >= 4 is 11.8 Å². The maximum atomic E-state index is 11.3. The van der Waals surface area contributed by atoms with Crippen LogP contribution in [0.4, 0.5) is 0 Å². The summed E-state index contributed by atoms with van der Waals surface area (Å²) in [7, 11) is 0. The summed E-state index contributed by atoms with van der Waals surface area (Å²) < 4.78 is 1.50. The molecule has 0 aliphatic heterocycles. The van der Waals surface area contributed by atoms with Crippen molar-refractivity contribution in [3.8, 4) is 0 Å². The Balaban J connectivity index is 2.76. The first-order valence-corrected chi connectivity index (χ1v) is 5.61. The number of thioether (sulfide) groups is 1. The predicted octanol–water partition coefficient (Wildman–Crippen LogP) is 1.34. The molecule has 0 fully saturated rings. The van der Waals surface area contributed by atoms with E-state index in [-0.39, 0.29) is 5.69 Å². The van der Waals surface area contributed by atoms with Gasteiger partial charge >= 0.3 is 5.69 Å². The highest BCUT2D eigenvalue weighted by Gasteiger charge is 2.06. The highest BCUT2D eigenvalue weighted by Crippen LogP contribution is 2.06. The number of nitrogens with zero attached hydrogens (tertiary/aromatic N) is 2. The third-order valence-corrected chi connectivity index (χ3v) is 2.61. The van der Waals surface area contributed by atoms with Gasteiger partial charge in [0.25, 0.3) is 0 Å². The zero-order chi connectivity index (χ0) is 9.84. The lowest BCUT2D eigenvalue weighted by atomic mass is 10.1. The van der Waals surface area contributed by atoms with Crippen molar-refractivity contribution in [2.45, 2.75) is 32.0 Å². The van der Waals surface area contributed by atoms with Gasteiger partial charge < -0.3 is 0 Å². The average molecular weight is 201 g/mol. The number of H-pyrrole nitrogens is 1. The summed E-state index contributed by atoms with van der Waals surface area (Å²) in [5.41, 5.74) is -0.107. The Bertz CT molecular complexity index is 317. The van der Waals surface area contributed by atoms with Crippen LogP contribution in [0.5, 0.6) is 0 Å². The summed E-state index contributed by atoms with van der Waals surface area (Å²) in [5, 5.41) is 4.82. The molecule has 1 rings (SSSR count). The van der Waals surface area contributed by atoms with Gasteiger partial charge in [-0.15, -0.1) is 5.10 Å². The normalized spacial score (nSPS) is 13.2. The Morgan fingerprint density at radius 2 is 2.38 bits per heavy atom. The van der Waals surface area contributed by atoms with Gasteiger partial charge in [-0.2, -0.15) is 0 Å². The largest absolute Gasteiger partial charge is 0.343 e. The molecule has 0 saturated carbocycles. The van der Waals surface area contributed by atoms with E-state index in [0.717, 1.165) is 6.42 Å². The molecule has 0 aromatic carbocycles. The van der Waals surface area contributed by atoms with Crippen molar-refractivity contribution in [1.82, 2.24) is 14.8 Å². The van der Waals surface area contributed by atoms with Gasteiger partial charge in [-0.25, -0.2) is 9.48 Å². The summed E-state index contributed by atoms with van der Waals surface area (Å²) >= 11 is 1.45. The molecule has 0 radical (unpaired) electrons. The van der Waals surface area contributed by atoms with E-state index in [1.54, 1.807) is 0 Å². The van der Waals surface area contributed by atoms with E-state index < -0.39 is 0 Å². The van der Waals surface area contributed by atoms with Gasteiger partial charge in [-0.3, -0.25) is 4.98 Å². The molecule has 1 N–H and O–H groups in total. The molecule has 5 heteroatoms. The third kappa shape index (κ3) is 2.62. The number of rotatable bonds is 4. The minimum Gasteiger partial charge on any atom is -0.284 e. The van der Waals surface area contributed by atoms with Gasteiger partial charge in [0.05, 0.1) is 0 Å². The highest BCUT2D eigenvalue weighted by molar-refractivity contribution is 7.98. The second kappa shape index (κ2) is 4.50. The van der Waals surface area contributed by atoms with Crippen LogP contribution in [0.15, 0.2) is 9.95 Å². The Kier molecular flexibility index (Phi) is 3.59. The topological polar surface area (TPSA) is 50.7 Å². The van der Waals surface area contributed by atoms with Crippen LogP contribution >= 0.6 is 11.8 Å². The lowest BCUT2D eigenvalue weighted by molar-refractivity contribution is 0.426. The maximum Gasteiger partial charge on any atom is 0.343 e. The van der Waals surface area contributed by atoms with Crippen LogP contribution in [0.2, 0.25) is 0 Å². The fourth-order valence-electron chi connectivity index (χ4n) is 0.976. The van der Waals surface area contributed by atoms with Crippen molar-refractivity contribution in [2.75, 3.05) is 6.26 Å². The number of hydrogen-bond acceptors (Lipinski definition) is 3. The molecule has 0 aliphatic rings. The molecule has 1 aromatic rings. The lowest BCUT2D eigenvalue weighted by Gasteiger charge is -2.05. The minimum absolute atomic E-state index is 0.107. The Morgan fingerprint density at radius 1 is 1.69 bits per heavy atom. The van der Waals surface area contributed by atoms with Crippen LogP contribution in [0.3, 0.4) is 0 Å². The van der Waals surface area contributed by atoms with Gasteiger partial charge in [0, 0.05) is 6.54 Å². The Morgan fingerprint density at radius 3 is 2.85 bits per heavy atom. The van der Waals surface area contributed by atoms with Gasteiger partial charge in [0.1, 0.15) is 0 Å². The van der Waals surface area contributed by atoms with E-state index in [9.17, 15) is 4.79 Å².